The lowest BCUT2D eigenvalue weighted by Gasteiger charge is -2.14. The molecule has 0 radical (unpaired) electrons. The highest BCUT2D eigenvalue weighted by molar-refractivity contribution is 5.81. The molecule has 0 unspecified atom stereocenters. The van der Waals surface area contributed by atoms with Gasteiger partial charge in [-0.25, -0.2) is 0 Å². The zero-order chi connectivity index (χ0) is 21.1. The van der Waals surface area contributed by atoms with Crippen molar-refractivity contribution in [2.45, 2.75) is 25.9 Å². The Balaban J connectivity index is 1.73. The Morgan fingerprint density at radius 2 is 1.52 bits per heavy atom. The molecule has 0 fully saturated rings. The van der Waals surface area contributed by atoms with E-state index in [2.05, 4.69) is 5.32 Å². The van der Waals surface area contributed by atoms with E-state index in [-0.39, 0.29) is 25.4 Å². The first-order chi connectivity index (χ1) is 14.1. The number of amides is 1. The highest BCUT2D eigenvalue weighted by Crippen LogP contribution is 2.38. The van der Waals surface area contributed by atoms with E-state index in [1.807, 2.05) is 42.5 Å². The number of rotatable bonds is 11. The minimum Gasteiger partial charge on any atom is -0.493 e. The molecule has 0 aliphatic heterocycles. The predicted molar refractivity (Wildman–Crippen MR) is 108 cm³/mol. The summed E-state index contributed by atoms with van der Waals surface area (Å²) in [5, 5.41) is 2.80. The quantitative estimate of drug-likeness (QED) is 0.583. The second-order valence-corrected chi connectivity index (χ2v) is 6.28. The maximum atomic E-state index is 12.0. The van der Waals surface area contributed by atoms with Crippen molar-refractivity contribution >= 4 is 11.9 Å². The van der Waals surface area contributed by atoms with Crippen molar-refractivity contribution in [1.29, 1.82) is 0 Å². The van der Waals surface area contributed by atoms with Crippen LogP contribution in [0.25, 0.3) is 0 Å². The fourth-order valence-electron chi connectivity index (χ4n) is 2.74. The second-order valence-electron chi connectivity index (χ2n) is 6.28. The van der Waals surface area contributed by atoms with Gasteiger partial charge in [-0.1, -0.05) is 30.3 Å². The van der Waals surface area contributed by atoms with E-state index in [0.29, 0.717) is 30.2 Å². The smallest absolute Gasteiger partial charge is 0.306 e. The Hall–Kier alpha value is -3.22. The number of benzene rings is 2. The standard InChI is InChI=1S/C22H27NO6/c1-26-18-13-17(14-19(27-2)22(18)28-3)11-12-23-20(24)9-10-21(25)29-15-16-7-5-4-6-8-16/h4-8,13-14H,9-12,15H2,1-3H3,(H,23,24). The van der Waals surface area contributed by atoms with Gasteiger partial charge >= 0.3 is 5.97 Å². The minimum absolute atomic E-state index is 0.0445. The third-order valence-corrected chi connectivity index (χ3v) is 4.26. The summed E-state index contributed by atoms with van der Waals surface area (Å²) in [6, 6.07) is 13.1. The number of hydrogen-bond donors (Lipinski definition) is 1. The number of ether oxygens (including phenoxy) is 4. The Morgan fingerprint density at radius 3 is 2.10 bits per heavy atom. The molecule has 7 nitrogen and oxygen atoms in total. The Morgan fingerprint density at radius 1 is 0.862 bits per heavy atom. The Bertz CT molecular complexity index is 781. The molecule has 0 saturated carbocycles. The maximum Gasteiger partial charge on any atom is 0.306 e. The normalized spacial score (nSPS) is 10.2. The SMILES string of the molecule is COc1cc(CCNC(=O)CCC(=O)OCc2ccccc2)cc(OC)c1OC. The summed E-state index contributed by atoms with van der Waals surface area (Å²) in [6.07, 6.45) is 0.715. The van der Waals surface area contributed by atoms with Crippen LogP contribution in [0.15, 0.2) is 42.5 Å². The van der Waals surface area contributed by atoms with Crippen molar-refractivity contribution in [3.8, 4) is 17.2 Å². The molecule has 0 heterocycles. The van der Waals surface area contributed by atoms with E-state index < -0.39 is 5.97 Å². The van der Waals surface area contributed by atoms with E-state index >= 15 is 0 Å². The molecule has 0 aromatic heterocycles. The Labute approximate surface area is 170 Å². The van der Waals surface area contributed by atoms with Crippen LogP contribution in [0.5, 0.6) is 17.2 Å². The molecule has 7 heteroatoms. The number of esters is 1. The molecule has 2 aromatic rings. The minimum atomic E-state index is -0.395. The molecule has 0 spiro atoms. The van der Waals surface area contributed by atoms with Gasteiger partial charge in [0.25, 0.3) is 0 Å². The van der Waals surface area contributed by atoms with Crippen LogP contribution in [0.1, 0.15) is 24.0 Å². The fraction of sp³-hybridized carbons (Fsp3) is 0.364. The molecule has 1 N–H and O–H groups in total. The average molecular weight is 401 g/mol. The third kappa shape index (κ3) is 7.03. The average Bonchev–Trinajstić information content (AvgIpc) is 2.76. The van der Waals surface area contributed by atoms with Crippen LogP contribution in [-0.4, -0.2) is 39.8 Å². The van der Waals surface area contributed by atoms with Crippen molar-refractivity contribution in [2.24, 2.45) is 0 Å². The number of nitrogens with one attached hydrogen (secondary N) is 1. The fourth-order valence-corrected chi connectivity index (χ4v) is 2.74. The lowest BCUT2D eigenvalue weighted by Crippen LogP contribution is -2.26. The van der Waals surface area contributed by atoms with Crippen molar-refractivity contribution in [3.63, 3.8) is 0 Å². The van der Waals surface area contributed by atoms with Crippen LogP contribution in [0, 0.1) is 0 Å². The van der Waals surface area contributed by atoms with Gasteiger partial charge in [0, 0.05) is 13.0 Å². The number of hydrogen-bond acceptors (Lipinski definition) is 6. The van der Waals surface area contributed by atoms with Gasteiger partial charge in [0.15, 0.2) is 11.5 Å². The largest absolute Gasteiger partial charge is 0.493 e. The van der Waals surface area contributed by atoms with Gasteiger partial charge in [0.2, 0.25) is 11.7 Å². The summed E-state index contributed by atoms with van der Waals surface area (Å²) in [6.45, 7) is 0.638. The molecular formula is C22H27NO6. The van der Waals surface area contributed by atoms with E-state index in [1.165, 1.54) is 0 Å². The van der Waals surface area contributed by atoms with Crippen LogP contribution in [0.3, 0.4) is 0 Å². The molecule has 0 saturated heterocycles. The van der Waals surface area contributed by atoms with Gasteiger partial charge in [-0.3, -0.25) is 9.59 Å². The highest BCUT2D eigenvalue weighted by Gasteiger charge is 2.13. The lowest BCUT2D eigenvalue weighted by molar-refractivity contribution is -0.146. The summed E-state index contributed by atoms with van der Waals surface area (Å²) >= 11 is 0. The molecule has 1 amide bonds. The second kappa shape index (κ2) is 11.6. The molecule has 2 aromatic carbocycles. The molecular weight excluding hydrogens is 374 g/mol. The van der Waals surface area contributed by atoms with Crippen LogP contribution >= 0.6 is 0 Å². The van der Waals surface area contributed by atoms with Gasteiger partial charge in [-0.15, -0.1) is 0 Å². The van der Waals surface area contributed by atoms with Crippen molar-refractivity contribution in [2.75, 3.05) is 27.9 Å². The summed E-state index contributed by atoms with van der Waals surface area (Å²) in [5.41, 5.74) is 1.85. The molecule has 29 heavy (non-hydrogen) atoms. The summed E-state index contributed by atoms with van der Waals surface area (Å²) < 4.78 is 21.1. The Kier molecular flexibility index (Phi) is 8.82. The first kappa shape index (κ1) is 22.1. The topological polar surface area (TPSA) is 83.1 Å². The predicted octanol–water partition coefficient (Wildman–Crippen LogP) is 2.89. The van der Waals surface area contributed by atoms with E-state index in [9.17, 15) is 9.59 Å². The summed E-state index contributed by atoms with van der Waals surface area (Å²) in [7, 11) is 4.66. The van der Waals surface area contributed by atoms with E-state index in [1.54, 1.807) is 21.3 Å². The first-order valence-electron chi connectivity index (χ1n) is 9.32. The highest BCUT2D eigenvalue weighted by atomic mass is 16.5. The lowest BCUT2D eigenvalue weighted by atomic mass is 10.1. The van der Waals surface area contributed by atoms with Gasteiger partial charge in [-0.2, -0.15) is 0 Å². The van der Waals surface area contributed by atoms with Crippen LogP contribution in [0.4, 0.5) is 0 Å². The third-order valence-electron chi connectivity index (χ3n) is 4.26. The van der Waals surface area contributed by atoms with Gasteiger partial charge in [-0.05, 0) is 29.7 Å². The summed E-state index contributed by atoms with van der Waals surface area (Å²) in [4.78, 5) is 23.7. The van der Waals surface area contributed by atoms with Gasteiger partial charge in [0.1, 0.15) is 6.61 Å². The first-order valence-corrected chi connectivity index (χ1v) is 9.32. The van der Waals surface area contributed by atoms with Crippen LogP contribution < -0.4 is 19.5 Å². The summed E-state index contributed by atoms with van der Waals surface area (Å²) in [5.74, 6) is 1.06. The number of carbonyl (C=O) groups excluding carboxylic acids is 2. The van der Waals surface area contributed by atoms with Gasteiger partial charge < -0.3 is 24.3 Å². The monoisotopic (exact) mass is 401 g/mol. The zero-order valence-electron chi connectivity index (χ0n) is 17.0. The maximum absolute atomic E-state index is 12.0. The number of methoxy groups -OCH3 is 3. The molecule has 0 atom stereocenters. The van der Waals surface area contributed by atoms with Crippen molar-refractivity contribution in [3.05, 3.63) is 53.6 Å². The molecule has 156 valence electrons. The number of carbonyl (C=O) groups is 2. The molecule has 2 rings (SSSR count). The van der Waals surface area contributed by atoms with Crippen molar-refractivity contribution < 1.29 is 28.5 Å². The van der Waals surface area contributed by atoms with Crippen LogP contribution in [0.2, 0.25) is 0 Å². The van der Waals surface area contributed by atoms with Gasteiger partial charge in [0.05, 0.1) is 27.8 Å². The van der Waals surface area contributed by atoms with Crippen LogP contribution in [-0.2, 0) is 27.4 Å². The van der Waals surface area contributed by atoms with Crippen molar-refractivity contribution in [1.82, 2.24) is 5.32 Å². The van der Waals surface area contributed by atoms with E-state index in [4.69, 9.17) is 18.9 Å². The molecule has 0 aliphatic carbocycles. The van der Waals surface area contributed by atoms with E-state index in [0.717, 1.165) is 11.1 Å². The zero-order valence-corrected chi connectivity index (χ0v) is 17.0. The molecule has 0 aliphatic rings. The molecule has 0 bridgehead atoms.